The Morgan fingerprint density at radius 2 is 2.00 bits per heavy atom. The molecule has 6 heteroatoms. The van der Waals surface area contributed by atoms with Gasteiger partial charge in [-0.05, 0) is 26.1 Å². The Kier molecular flexibility index (Phi) is 6.25. The van der Waals surface area contributed by atoms with Crippen LogP contribution in [-0.2, 0) is 4.79 Å². The molecule has 0 aliphatic heterocycles. The van der Waals surface area contributed by atoms with Crippen molar-refractivity contribution >= 4 is 29.1 Å². The summed E-state index contributed by atoms with van der Waals surface area (Å²) < 4.78 is 5.30. The number of nitrogens with one attached hydrogen (secondary N) is 2. The van der Waals surface area contributed by atoms with E-state index in [2.05, 4.69) is 10.6 Å². The van der Waals surface area contributed by atoms with Crippen LogP contribution in [0.3, 0.4) is 0 Å². The van der Waals surface area contributed by atoms with Crippen molar-refractivity contribution in [1.29, 1.82) is 0 Å². The second kappa shape index (κ2) is 7.46. The van der Waals surface area contributed by atoms with Crippen LogP contribution in [0.5, 0.6) is 5.75 Å². The number of hydrogen-bond acceptors (Lipinski definition) is 3. The highest BCUT2D eigenvalue weighted by atomic mass is 35.5. The maximum Gasteiger partial charge on any atom is 0.257 e. The van der Waals surface area contributed by atoms with Crippen LogP contribution in [0.1, 0.15) is 6.92 Å². The number of likely N-dealkylation sites (N-methyl/N-ethyl adjacent to an activating group) is 1. The Morgan fingerprint density at radius 3 is 2.56 bits per heavy atom. The third-order valence-electron chi connectivity index (χ3n) is 2.36. The van der Waals surface area contributed by atoms with Gasteiger partial charge in [0.1, 0.15) is 0 Å². The predicted octanol–water partition coefficient (Wildman–Crippen LogP) is 2.10. The maximum atomic E-state index is 11.5. The summed E-state index contributed by atoms with van der Waals surface area (Å²) in [5, 5.41) is 6.52. The Hall–Kier alpha value is -0.970. The van der Waals surface area contributed by atoms with E-state index in [1.165, 1.54) is 0 Å². The summed E-state index contributed by atoms with van der Waals surface area (Å²) in [7, 11) is 1.83. The van der Waals surface area contributed by atoms with Gasteiger partial charge < -0.3 is 15.4 Å². The zero-order valence-corrected chi connectivity index (χ0v) is 11.8. The number of carbonyl (C=O) groups is 1. The highest BCUT2D eigenvalue weighted by molar-refractivity contribution is 6.37. The summed E-state index contributed by atoms with van der Waals surface area (Å²) in [6, 6.07) is 5.23. The average Bonchev–Trinajstić information content (AvgIpc) is 2.35. The standard InChI is InChI=1S/C12H16Cl2N2O2/c1-8(15-2)6-16-11(17)7-18-12-9(13)4-3-5-10(12)14/h3-5,8,15H,6-7H2,1-2H3,(H,16,17). The van der Waals surface area contributed by atoms with Gasteiger partial charge in [-0.3, -0.25) is 4.79 Å². The summed E-state index contributed by atoms with van der Waals surface area (Å²) in [4.78, 5) is 11.5. The third kappa shape index (κ3) is 4.72. The summed E-state index contributed by atoms with van der Waals surface area (Å²) in [5.41, 5.74) is 0. The molecule has 1 amide bonds. The molecule has 1 unspecified atom stereocenters. The van der Waals surface area contributed by atoms with Gasteiger partial charge in [0.25, 0.3) is 5.91 Å². The van der Waals surface area contributed by atoms with Gasteiger partial charge in [-0.25, -0.2) is 0 Å². The van der Waals surface area contributed by atoms with E-state index in [1.807, 2.05) is 14.0 Å². The van der Waals surface area contributed by atoms with E-state index in [0.29, 0.717) is 22.3 Å². The van der Waals surface area contributed by atoms with Crippen molar-refractivity contribution in [3.8, 4) is 5.75 Å². The Labute approximate surface area is 117 Å². The summed E-state index contributed by atoms with van der Waals surface area (Å²) >= 11 is 11.8. The van der Waals surface area contributed by atoms with Gasteiger partial charge in [0.05, 0.1) is 10.0 Å². The van der Waals surface area contributed by atoms with Crippen molar-refractivity contribution in [3.63, 3.8) is 0 Å². The van der Waals surface area contributed by atoms with Crippen molar-refractivity contribution in [3.05, 3.63) is 28.2 Å². The number of halogens is 2. The third-order valence-corrected chi connectivity index (χ3v) is 2.96. The first-order valence-electron chi connectivity index (χ1n) is 5.55. The van der Waals surface area contributed by atoms with Gasteiger partial charge in [-0.2, -0.15) is 0 Å². The molecule has 2 N–H and O–H groups in total. The van der Waals surface area contributed by atoms with Gasteiger partial charge in [-0.1, -0.05) is 29.3 Å². The average molecular weight is 291 g/mol. The van der Waals surface area contributed by atoms with Crippen molar-refractivity contribution in [2.45, 2.75) is 13.0 Å². The number of hydrogen-bond donors (Lipinski definition) is 2. The van der Waals surface area contributed by atoms with E-state index >= 15 is 0 Å². The quantitative estimate of drug-likeness (QED) is 0.844. The van der Waals surface area contributed by atoms with Crippen LogP contribution in [-0.4, -0.2) is 32.1 Å². The minimum absolute atomic E-state index is 0.111. The number of benzene rings is 1. The molecule has 100 valence electrons. The Bertz CT molecular complexity index is 393. The first-order valence-corrected chi connectivity index (χ1v) is 6.31. The van der Waals surface area contributed by atoms with Gasteiger partial charge in [-0.15, -0.1) is 0 Å². The molecule has 0 aliphatic carbocycles. The van der Waals surface area contributed by atoms with Crippen LogP contribution in [0.2, 0.25) is 10.0 Å². The fourth-order valence-electron chi connectivity index (χ4n) is 1.18. The van der Waals surface area contributed by atoms with Crippen molar-refractivity contribution in [1.82, 2.24) is 10.6 Å². The fourth-order valence-corrected chi connectivity index (χ4v) is 1.68. The number of para-hydroxylation sites is 1. The van der Waals surface area contributed by atoms with E-state index in [1.54, 1.807) is 18.2 Å². The summed E-state index contributed by atoms with van der Waals surface area (Å²) in [5.74, 6) is 0.116. The zero-order valence-electron chi connectivity index (χ0n) is 10.3. The van der Waals surface area contributed by atoms with E-state index < -0.39 is 0 Å². The molecule has 1 aromatic carbocycles. The molecule has 0 radical (unpaired) electrons. The summed E-state index contributed by atoms with van der Waals surface area (Å²) in [6.45, 7) is 2.39. The van der Waals surface area contributed by atoms with Crippen molar-refractivity contribution in [2.24, 2.45) is 0 Å². The van der Waals surface area contributed by atoms with Gasteiger partial charge in [0, 0.05) is 12.6 Å². The highest BCUT2D eigenvalue weighted by Crippen LogP contribution is 2.32. The van der Waals surface area contributed by atoms with E-state index in [4.69, 9.17) is 27.9 Å². The van der Waals surface area contributed by atoms with Crippen molar-refractivity contribution < 1.29 is 9.53 Å². The molecule has 0 saturated carbocycles. The molecular formula is C12H16Cl2N2O2. The largest absolute Gasteiger partial charge is 0.481 e. The second-order valence-electron chi connectivity index (χ2n) is 3.83. The normalized spacial score (nSPS) is 12.0. The molecule has 1 aromatic rings. The predicted molar refractivity (Wildman–Crippen MR) is 73.5 cm³/mol. The molecule has 0 bridgehead atoms. The maximum absolute atomic E-state index is 11.5. The number of carbonyl (C=O) groups excluding carboxylic acids is 1. The Morgan fingerprint density at radius 1 is 1.39 bits per heavy atom. The molecule has 4 nitrogen and oxygen atoms in total. The lowest BCUT2D eigenvalue weighted by molar-refractivity contribution is -0.123. The van der Waals surface area contributed by atoms with E-state index in [0.717, 1.165) is 0 Å². The Balaban J connectivity index is 2.43. The van der Waals surface area contributed by atoms with E-state index in [-0.39, 0.29) is 18.6 Å². The lowest BCUT2D eigenvalue weighted by Crippen LogP contribution is -2.39. The molecule has 0 heterocycles. The monoisotopic (exact) mass is 290 g/mol. The van der Waals surface area contributed by atoms with Gasteiger partial charge >= 0.3 is 0 Å². The molecule has 0 saturated heterocycles. The molecule has 0 aliphatic rings. The van der Waals surface area contributed by atoms with Crippen LogP contribution >= 0.6 is 23.2 Å². The minimum Gasteiger partial charge on any atom is -0.481 e. The lowest BCUT2D eigenvalue weighted by Gasteiger charge is -2.12. The van der Waals surface area contributed by atoms with Crippen LogP contribution in [0, 0.1) is 0 Å². The molecular weight excluding hydrogens is 275 g/mol. The molecule has 0 spiro atoms. The van der Waals surface area contributed by atoms with Crippen LogP contribution in [0.25, 0.3) is 0 Å². The van der Waals surface area contributed by atoms with E-state index in [9.17, 15) is 4.79 Å². The molecule has 0 aromatic heterocycles. The fraction of sp³-hybridized carbons (Fsp3) is 0.417. The summed E-state index contributed by atoms with van der Waals surface area (Å²) in [6.07, 6.45) is 0. The van der Waals surface area contributed by atoms with Crippen LogP contribution in [0.15, 0.2) is 18.2 Å². The molecule has 1 atom stereocenters. The van der Waals surface area contributed by atoms with Crippen LogP contribution < -0.4 is 15.4 Å². The highest BCUT2D eigenvalue weighted by Gasteiger charge is 2.09. The SMILES string of the molecule is CNC(C)CNC(=O)COc1c(Cl)cccc1Cl. The van der Waals surface area contributed by atoms with Crippen LogP contribution in [0.4, 0.5) is 0 Å². The number of ether oxygens (including phenoxy) is 1. The minimum atomic E-state index is -0.215. The van der Waals surface area contributed by atoms with Crippen molar-refractivity contribution in [2.75, 3.05) is 20.2 Å². The second-order valence-corrected chi connectivity index (χ2v) is 4.65. The molecule has 1 rings (SSSR count). The lowest BCUT2D eigenvalue weighted by atomic mass is 10.3. The molecule has 18 heavy (non-hydrogen) atoms. The van der Waals surface area contributed by atoms with Gasteiger partial charge in [0.2, 0.25) is 0 Å². The number of rotatable bonds is 6. The zero-order chi connectivity index (χ0) is 13.5. The smallest absolute Gasteiger partial charge is 0.257 e. The topological polar surface area (TPSA) is 50.4 Å². The van der Waals surface area contributed by atoms with Gasteiger partial charge in [0.15, 0.2) is 12.4 Å². The molecule has 0 fully saturated rings. The first kappa shape index (κ1) is 15.1. The number of amides is 1. The first-order chi connectivity index (χ1) is 8.54.